The molecule has 0 aromatic rings. The number of nitrogens with one attached hydrogen (secondary N) is 1. The van der Waals surface area contributed by atoms with Crippen LogP contribution in [0.3, 0.4) is 0 Å². The molecular weight excluding hydrogens is 190 g/mol. The zero-order valence-electron chi connectivity index (χ0n) is 10.3. The average molecular weight is 215 g/mol. The predicted octanol–water partition coefficient (Wildman–Crippen LogP) is 1.67. The first-order valence-corrected chi connectivity index (χ1v) is 6.05. The van der Waals surface area contributed by atoms with Gasteiger partial charge in [0, 0.05) is 26.8 Å². The lowest BCUT2D eigenvalue weighted by Gasteiger charge is -2.20. The second-order valence-corrected chi connectivity index (χ2v) is 4.78. The molecule has 1 saturated heterocycles. The van der Waals surface area contributed by atoms with Gasteiger partial charge in [-0.15, -0.1) is 0 Å². The van der Waals surface area contributed by atoms with E-state index >= 15 is 0 Å². The van der Waals surface area contributed by atoms with Crippen LogP contribution in [0.5, 0.6) is 0 Å². The Morgan fingerprint density at radius 3 is 2.93 bits per heavy atom. The highest BCUT2D eigenvalue weighted by atomic mass is 16.5. The number of methoxy groups -OCH3 is 1. The molecule has 0 radical (unpaired) electrons. The van der Waals surface area contributed by atoms with Crippen LogP contribution < -0.4 is 5.32 Å². The van der Waals surface area contributed by atoms with Crippen molar-refractivity contribution in [3.8, 4) is 0 Å². The van der Waals surface area contributed by atoms with Crippen molar-refractivity contribution in [3.05, 3.63) is 0 Å². The molecule has 0 aliphatic carbocycles. The van der Waals surface area contributed by atoms with Gasteiger partial charge in [-0.05, 0) is 24.7 Å². The Morgan fingerprint density at radius 2 is 2.27 bits per heavy atom. The lowest BCUT2D eigenvalue weighted by atomic mass is 9.94. The number of hydrogen-bond acceptors (Lipinski definition) is 3. The van der Waals surface area contributed by atoms with Gasteiger partial charge < -0.3 is 14.8 Å². The van der Waals surface area contributed by atoms with E-state index in [-0.39, 0.29) is 0 Å². The van der Waals surface area contributed by atoms with Crippen LogP contribution in [0, 0.1) is 11.8 Å². The molecule has 2 atom stereocenters. The Morgan fingerprint density at radius 1 is 1.47 bits per heavy atom. The van der Waals surface area contributed by atoms with Crippen LogP contribution in [-0.2, 0) is 9.47 Å². The number of hydrogen-bond donors (Lipinski definition) is 1. The third kappa shape index (κ3) is 4.96. The lowest BCUT2D eigenvalue weighted by molar-refractivity contribution is 0.0725. The van der Waals surface area contributed by atoms with Crippen LogP contribution >= 0.6 is 0 Å². The first-order chi connectivity index (χ1) is 7.24. The van der Waals surface area contributed by atoms with Crippen molar-refractivity contribution in [3.63, 3.8) is 0 Å². The summed E-state index contributed by atoms with van der Waals surface area (Å²) in [5.74, 6) is 1.43. The maximum Gasteiger partial charge on any atom is 0.0618 e. The summed E-state index contributed by atoms with van der Waals surface area (Å²) in [7, 11) is 1.74. The van der Waals surface area contributed by atoms with E-state index in [1.54, 1.807) is 7.11 Å². The van der Waals surface area contributed by atoms with Crippen molar-refractivity contribution < 1.29 is 9.47 Å². The van der Waals surface area contributed by atoms with E-state index in [1.165, 1.54) is 12.8 Å². The van der Waals surface area contributed by atoms with E-state index in [9.17, 15) is 0 Å². The van der Waals surface area contributed by atoms with Crippen molar-refractivity contribution in [1.29, 1.82) is 0 Å². The van der Waals surface area contributed by atoms with Crippen LogP contribution in [0.2, 0.25) is 0 Å². The van der Waals surface area contributed by atoms with Crippen molar-refractivity contribution in [2.45, 2.75) is 32.8 Å². The fraction of sp³-hybridized carbons (Fsp3) is 1.00. The Hall–Kier alpha value is -0.120. The van der Waals surface area contributed by atoms with Crippen LogP contribution in [0.1, 0.15) is 26.7 Å². The molecule has 15 heavy (non-hydrogen) atoms. The summed E-state index contributed by atoms with van der Waals surface area (Å²) in [5, 5.41) is 3.43. The Kier molecular flexibility index (Phi) is 6.22. The van der Waals surface area contributed by atoms with Gasteiger partial charge >= 0.3 is 0 Å². The highest BCUT2D eigenvalue weighted by Crippen LogP contribution is 2.25. The Balaban J connectivity index is 2.15. The van der Waals surface area contributed by atoms with Crippen LogP contribution in [0.25, 0.3) is 0 Å². The molecule has 0 bridgehead atoms. The zero-order chi connectivity index (χ0) is 11.1. The third-order valence-corrected chi connectivity index (χ3v) is 2.94. The third-order valence-electron chi connectivity index (χ3n) is 2.94. The summed E-state index contributed by atoms with van der Waals surface area (Å²) >= 11 is 0. The number of rotatable bonds is 7. The molecule has 3 nitrogen and oxygen atoms in total. The molecule has 0 saturated carbocycles. The van der Waals surface area contributed by atoms with Gasteiger partial charge in [0.2, 0.25) is 0 Å². The van der Waals surface area contributed by atoms with Gasteiger partial charge in [-0.3, -0.25) is 0 Å². The fourth-order valence-corrected chi connectivity index (χ4v) is 2.11. The molecule has 1 rings (SSSR count). The molecule has 1 N–H and O–H groups in total. The minimum atomic E-state index is 0.472. The van der Waals surface area contributed by atoms with Crippen molar-refractivity contribution >= 4 is 0 Å². The van der Waals surface area contributed by atoms with E-state index in [2.05, 4.69) is 19.2 Å². The monoisotopic (exact) mass is 215 g/mol. The maximum atomic E-state index is 5.76. The van der Waals surface area contributed by atoms with E-state index in [1.807, 2.05) is 0 Å². The molecule has 1 fully saturated rings. The summed E-state index contributed by atoms with van der Waals surface area (Å²) in [6.45, 7) is 8.27. The molecule has 0 aromatic carbocycles. The Bertz CT molecular complexity index is 162. The summed E-state index contributed by atoms with van der Waals surface area (Å²) in [6, 6.07) is 0. The van der Waals surface area contributed by atoms with Crippen LogP contribution in [-0.4, -0.2) is 39.5 Å². The smallest absolute Gasteiger partial charge is 0.0618 e. The van der Waals surface area contributed by atoms with Crippen LogP contribution in [0.15, 0.2) is 0 Å². The van der Waals surface area contributed by atoms with Gasteiger partial charge in [-0.2, -0.15) is 0 Å². The minimum absolute atomic E-state index is 0.472. The van der Waals surface area contributed by atoms with Gasteiger partial charge in [-0.1, -0.05) is 13.8 Å². The molecular formula is C12H25NO2. The van der Waals surface area contributed by atoms with E-state index in [0.717, 1.165) is 32.2 Å². The van der Waals surface area contributed by atoms with Crippen LogP contribution in [0.4, 0.5) is 0 Å². The standard InChI is InChI=1S/C12H25NO2/c1-10(2)8-12-11(4-6-15-12)9-13-5-7-14-3/h10-13H,4-9H2,1-3H3. The minimum Gasteiger partial charge on any atom is -0.383 e. The van der Waals surface area contributed by atoms with Crippen molar-refractivity contribution in [2.24, 2.45) is 11.8 Å². The fourth-order valence-electron chi connectivity index (χ4n) is 2.11. The maximum absolute atomic E-state index is 5.76. The van der Waals surface area contributed by atoms with E-state index in [4.69, 9.17) is 9.47 Å². The summed E-state index contributed by atoms with van der Waals surface area (Å²) in [4.78, 5) is 0. The lowest BCUT2D eigenvalue weighted by Crippen LogP contribution is -2.31. The number of ether oxygens (including phenoxy) is 2. The van der Waals surface area contributed by atoms with E-state index in [0.29, 0.717) is 12.0 Å². The van der Waals surface area contributed by atoms with Gasteiger partial charge in [0.15, 0.2) is 0 Å². The zero-order valence-corrected chi connectivity index (χ0v) is 10.3. The molecule has 1 aliphatic rings. The summed E-state index contributed by atoms with van der Waals surface area (Å²) < 4.78 is 10.8. The molecule has 3 heteroatoms. The predicted molar refractivity (Wildman–Crippen MR) is 62.0 cm³/mol. The van der Waals surface area contributed by atoms with E-state index < -0.39 is 0 Å². The highest BCUT2D eigenvalue weighted by Gasteiger charge is 2.28. The van der Waals surface area contributed by atoms with Gasteiger partial charge in [-0.25, -0.2) is 0 Å². The molecule has 90 valence electrons. The first-order valence-electron chi connectivity index (χ1n) is 6.05. The van der Waals surface area contributed by atoms with Gasteiger partial charge in [0.1, 0.15) is 0 Å². The SMILES string of the molecule is COCCNCC1CCOC1CC(C)C. The highest BCUT2D eigenvalue weighted by molar-refractivity contribution is 4.78. The molecule has 2 unspecified atom stereocenters. The topological polar surface area (TPSA) is 30.5 Å². The normalized spacial score (nSPS) is 26.4. The molecule has 1 aliphatic heterocycles. The second kappa shape index (κ2) is 7.20. The second-order valence-electron chi connectivity index (χ2n) is 4.78. The van der Waals surface area contributed by atoms with Crippen molar-refractivity contribution in [1.82, 2.24) is 5.32 Å². The van der Waals surface area contributed by atoms with Gasteiger partial charge in [0.25, 0.3) is 0 Å². The largest absolute Gasteiger partial charge is 0.383 e. The molecule has 0 amide bonds. The van der Waals surface area contributed by atoms with Crippen molar-refractivity contribution in [2.75, 3.05) is 33.4 Å². The molecule has 0 aromatic heterocycles. The first kappa shape index (κ1) is 12.9. The Labute approximate surface area is 93.5 Å². The summed E-state index contributed by atoms with van der Waals surface area (Å²) in [6.07, 6.45) is 2.87. The van der Waals surface area contributed by atoms with Gasteiger partial charge in [0.05, 0.1) is 12.7 Å². The average Bonchev–Trinajstić information content (AvgIpc) is 2.59. The summed E-state index contributed by atoms with van der Waals surface area (Å²) in [5.41, 5.74) is 0. The molecule has 0 spiro atoms. The molecule has 1 heterocycles. The quantitative estimate of drug-likeness (QED) is 0.655.